The minimum atomic E-state index is -0.562. The van der Waals surface area contributed by atoms with Crippen LogP contribution in [-0.4, -0.2) is 6.04 Å². The summed E-state index contributed by atoms with van der Waals surface area (Å²) in [6.07, 6.45) is -0.211. The maximum Gasteiger partial charge on any atom is 0.141 e. The number of ether oxygens (including phenoxy) is 1. The van der Waals surface area contributed by atoms with E-state index in [-0.39, 0.29) is 11.9 Å². The van der Waals surface area contributed by atoms with E-state index < -0.39 is 6.10 Å². The van der Waals surface area contributed by atoms with Gasteiger partial charge in [0.25, 0.3) is 0 Å². The molecular formula is C17H17FN2O. The molecule has 108 valence electrons. The van der Waals surface area contributed by atoms with Crippen LogP contribution in [0.5, 0.6) is 5.75 Å². The Morgan fingerprint density at radius 1 is 1.19 bits per heavy atom. The highest BCUT2D eigenvalue weighted by atomic mass is 19.1. The molecule has 0 amide bonds. The van der Waals surface area contributed by atoms with Crippen molar-refractivity contribution in [1.29, 1.82) is 5.26 Å². The van der Waals surface area contributed by atoms with Gasteiger partial charge < -0.3 is 10.5 Å². The second-order valence-corrected chi connectivity index (χ2v) is 4.90. The molecule has 3 nitrogen and oxygen atoms in total. The van der Waals surface area contributed by atoms with E-state index in [9.17, 15) is 4.39 Å². The summed E-state index contributed by atoms with van der Waals surface area (Å²) in [5, 5.41) is 8.65. The summed E-state index contributed by atoms with van der Waals surface area (Å²) in [4.78, 5) is 0. The molecule has 0 aliphatic heterocycles. The van der Waals surface area contributed by atoms with E-state index in [2.05, 4.69) is 6.07 Å². The van der Waals surface area contributed by atoms with E-state index >= 15 is 0 Å². The third-order valence-electron chi connectivity index (χ3n) is 3.16. The molecule has 0 spiro atoms. The van der Waals surface area contributed by atoms with Crippen LogP contribution in [0.15, 0.2) is 48.5 Å². The van der Waals surface area contributed by atoms with E-state index in [4.69, 9.17) is 15.7 Å². The largest absolute Gasteiger partial charge is 0.484 e. The van der Waals surface area contributed by atoms with Gasteiger partial charge in [-0.25, -0.2) is 4.39 Å². The number of nitrogens with zero attached hydrogens (tertiary/aromatic N) is 1. The number of benzene rings is 2. The fourth-order valence-electron chi connectivity index (χ4n) is 2.08. The first-order valence-corrected chi connectivity index (χ1v) is 6.74. The van der Waals surface area contributed by atoms with Gasteiger partial charge in [0.2, 0.25) is 0 Å². The zero-order valence-corrected chi connectivity index (χ0v) is 11.8. The predicted molar refractivity (Wildman–Crippen MR) is 79.2 cm³/mol. The average molecular weight is 284 g/mol. The van der Waals surface area contributed by atoms with Crippen LogP contribution in [0.2, 0.25) is 0 Å². The minimum Gasteiger partial charge on any atom is -0.484 e. The number of rotatable bonds is 5. The van der Waals surface area contributed by atoms with Gasteiger partial charge in [0.05, 0.1) is 12.5 Å². The summed E-state index contributed by atoms with van der Waals surface area (Å²) >= 11 is 0. The Morgan fingerprint density at radius 2 is 1.86 bits per heavy atom. The maximum atomic E-state index is 13.9. The standard InChI is InChI=1S/C17H17FN2O/c1-12(20)17(15-4-2-3-5-16(15)18)21-14-8-6-13(7-9-14)10-11-19/h2-9,12,17H,10,20H2,1H3. The van der Waals surface area contributed by atoms with Gasteiger partial charge in [-0.05, 0) is 30.7 Å². The van der Waals surface area contributed by atoms with Crippen molar-refractivity contribution < 1.29 is 9.13 Å². The molecule has 0 aromatic heterocycles. The van der Waals surface area contributed by atoms with Crippen molar-refractivity contribution >= 4 is 0 Å². The van der Waals surface area contributed by atoms with Crippen molar-refractivity contribution in [2.45, 2.75) is 25.5 Å². The molecule has 21 heavy (non-hydrogen) atoms. The molecule has 2 rings (SSSR count). The first kappa shape index (κ1) is 15.0. The zero-order chi connectivity index (χ0) is 15.2. The molecule has 2 aromatic carbocycles. The summed E-state index contributed by atoms with van der Waals surface area (Å²) in [7, 11) is 0. The molecule has 0 saturated heterocycles. The van der Waals surface area contributed by atoms with E-state index in [1.807, 2.05) is 12.1 Å². The number of halogens is 1. The molecule has 0 heterocycles. The summed E-state index contributed by atoms with van der Waals surface area (Å²) in [6, 6.07) is 15.4. The van der Waals surface area contributed by atoms with Gasteiger partial charge in [-0.2, -0.15) is 5.26 Å². The molecule has 0 bridgehead atoms. The number of nitrogens with two attached hydrogens (primary N) is 1. The van der Waals surface area contributed by atoms with Crippen molar-refractivity contribution in [3.63, 3.8) is 0 Å². The Kier molecular flexibility index (Phi) is 4.91. The number of hydrogen-bond donors (Lipinski definition) is 1. The smallest absolute Gasteiger partial charge is 0.141 e. The molecule has 4 heteroatoms. The van der Waals surface area contributed by atoms with Gasteiger partial charge in [0, 0.05) is 11.6 Å². The van der Waals surface area contributed by atoms with Crippen LogP contribution in [0.4, 0.5) is 4.39 Å². The molecule has 0 saturated carbocycles. The molecule has 2 atom stereocenters. The first-order valence-electron chi connectivity index (χ1n) is 6.74. The van der Waals surface area contributed by atoms with Gasteiger partial charge in [0.1, 0.15) is 17.7 Å². The van der Waals surface area contributed by atoms with Gasteiger partial charge in [0.15, 0.2) is 0 Å². The van der Waals surface area contributed by atoms with Gasteiger partial charge in [-0.1, -0.05) is 30.3 Å². The van der Waals surface area contributed by atoms with E-state index in [0.717, 1.165) is 5.56 Å². The lowest BCUT2D eigenvalue weighted by Gasteiger charge is -2.23. The lowest BCUT2D eigenvalue weighted by Crippen LogP contribution is -2.29. The SMILES string of the molecule is CC(N)C(Oc1ccc(CC#N)cc1)c1ccccc1F. The third-order valence-corrected chi connectivity index (χ3v) is 3.16. The fraction of sp³-hybridized carbons (Fsp3) is 0.235. The molecule has 2 aromatic rings. The topological polar surface area (TPSA) is 59.0 Å². The highest BCUT2D eigenvalue weighted by Gasteiger charge is 2.21. The zero-order valence-electron chi connectivity index (χ0n) is 11.8. The molecule has 0 fully saturated rings. The monoisotopic (exact) mass is 284 g/mol. The molecule has 0 radical (unpaired) electrons. The summed E-state index contributed by atoms with van der Waals surface area (Å²) in [6.45, 7) is 1.78. The van der Waals surface area contributed by atoms with Crippen molar-refractivity contribution in [3.05, 3.63) is 65.5 Å². The van der Waals surface area contributed by atoms with Crippen LogP contribution in [-0.2, 0) is 6.42 Å². The second-order valence-electron chi connectivity index (χ2n) is 4.90. The third kappa shape index (κ3) is 3.80. The van der Waals surface area contributed by atoms with E-state index in [0.29, 0.717) is 17.7 Å². The van der Waals surface area contributed by atoms with Gasteiger partial charge in [-0.3, -0.25) is 0 Å². The highest BCUT2D eigenvalue weighted by molar-refractivity contribution is 5.30. The normalized spacial score (nSPS) is 13.2. The lowest BCUT2D eigenvalue weighted by molar-refractivity contribution is 0.175. The molecular weight excluding hydrogens is 267 g/mol. The Labute approximate surface area is 123 Å². The molecule has 2 N–H and O–H groups in total. The van der Waals surface area contributed by atoms with Gasteiger partial charge >= 0.3 is 0 Å². The maximum absolute atomic E-state index is 13.9. The van der Waals surface area contributed by atoms with Crippen LogP contribution in [0.25, 0.3) is 0 Å². The molecule has 2 unspecified atom stereocenters. The average Bonchev–Trinajstić information content (AvgIpc) is 2.47. The Hall–Kier alpha value is -2.38. The van der Waals surface area contributed by atoms with E-state index in [1.54, 1.807) is 37.3 Å². The Morgan fingerprint density at radius 3 is 2.43 bits per heavy atom. The first-order chi connectivity index (χ1) is 10.1. The van der Waals surface area contributed by atoms with Crippen LogP contribution in [0, 0.1) is 17.1 Å². The van der Waals surface area contributed by atoms with E-state index in [1.165, 1.54) is 6.07 Å². The molecule has 0 aliphatic rings. The Bertz CT molecular complexity index is 632. The number of nitriles is 1. The van der Waals surface area contributed by atoms with Crippen molar-refractivity contribution in [2.75, 3.05) is 0 Å². The van der Waals surface area contributed by atoms with Crippen molar-refractivity contribution in [1.82, 2.24) is 0 Å². The van der Waals surface area contributed by atoms with Crippen LogP contribution in [0.3, 0.4) is 0 Å². The summed E-state index contributed by atoms with van der Waals surface area (Å²) < 4.78 is 19.7. The summed E-state index contributed by atoms with van der Waals surface area (Å²) in [5.74, 6) is 0.267. The highest BCUT2D eigenvalue weighted by Crippen LogP contribution is 2.26. The quantitative estimate of drug-likeness (QED) is 0.915. The van der Waals surface area contributed by atoms with Crippen LogP contribution in [0.1, 0.15) is 24.2 Å². The lowest BCUT2D eigenvalue weighted by atomic mass is 10.0. The number of hydrogen-bond acceptors (Lipinski definition) is 3. The van der Waals surface area contributed by atoms with Crippen LogP contribution >= 0.6 is 0 Å². The van der Waals surface area contributed by atoms with Crippen molar-refractivity contribution in [2.24, 2.45) is 5.73 Å². The van der Waals surface area contributed by atoms with Crippen LogP contribution < -0.4 is 10.5 Å². The second kappa shape index (κ2) is 6.87. The fourth-order valence-corrected chi connectivity index (χ4v) is 2.08. The van der Waals surface area contributed by atoms with Crippen molar-refractivity contribution in [3.8, 4) is 11.8 Å². The predicted octanol–water partition coefficient (Wildman–Crippen LogP) is 3.36. The minimum absolute atomic E-state index is 0.332. The Balaban J connectivity index is 2.21. The molecule has 0 aliphatic carbocycles. The summed E-state index contributed by atoms with van der Waals surface area (Å²) in [5.41, 5.74) is 7.28. The van der Waals surface area contributed by atoms with Gasteiger partial charge in [-0.15, -0.1) is 0 Å².